The van der Waals surface area contributed by atoms with Gasteiger partial charge in [0.2, 0.25) is 0 Å². The van der Waals surface area contributed by atoms with E-state index in [1.165, 1.54) is 154 Å². The molecule has 0 saturated carbocycles. The first kappa shape index (κ1) is 61.2. The van der Waals surface area contributed by atoms with E-state index >= 15 is 0 Å². The molecule has 0 amide bonds. The molecule has 0 aromatic rings. The number of carbonyl (C=O) groups is 2. The molecule has 0 rings (SSSR count). The number of carboxylic acid groups (broad SMARTS) is 1. The van der Waals surface area contributed by atoms with Crippen LogP contribution in [0.3, 0.4) is 0 Å². The van der Waals surface area contributed by atoms with Gasteiger partial charge in [0.25, 0.3) is 0 Å². The van der Waals surface area contributed by atoms with E-state index in [0.29, 0.717) is 13.0 Å². The van der Waals surface area contributed by atoms with Gasteiger partial charge in [-0.3, -0.25) is 18.6 Å². The summed E-state index contributed by atoms with van der Waals surface area (Å²) >= 11 is 0. The van der Waals surface area contributed by atoms with E-state index in [-0.39, 0.29) is 13.0 Å². The number of hydrogen-bond acceptors (Lipinski definition) is 8. The Bertz CT molecular complexity index is 1150. The predicted molar refractivity (Wildman–Crippen MR) is 263 cm³/mol. The van der Waals surface area contributed by atoms with Crippen LogP contribution in [0, 0.1) is 0 Å². The molecule has 11 heteroatoms. The minimum absolute atomic E-state index is 0.0161. The fraction of sp³-hybridized carbons (Fsp3) is 0.846. The van der Waals surface area contributed by atoms with Gasteiger partial charge in [0, 0.05) is 13.0 Å². The number of phosphoric ester groups is 1. The van der Waals surface area contributed by atoms with Gasteiger partial charge in [-0.1, -0.05) is 230 Å². The molecule has 3 unspecified atom stereocenters. The molecule has 0 aromatic carbocycles. The predicted octanol–water partition coefficient (Wildman–Crippen LogP) is 15.2. The monoisotopic (exact) mass is 912 g/mol. The molecule has 0 heterocycles. The van der Waals surface area contributed by atoms with Crippen LogP contribution in [0.4, 0.5) is 0 Å². The van der Waals surface area contributed by atoms with E-state index in [9.17, 15) is 19.0 Å². The summed E-state index contributed by atoms with van der Waals surface area (Å²) in [6.07, 6.45) is 56.4. The van der Waals surface area contributed by atoms with E-state index < -0.39 is 45.1 Å². The number of allylic oxidation sites excluding steroid dienone is 6. The van der Waals surface area contributed by atoms with Crippen LogP contribution in [0.2, 0.25) is 0 Å². The molecule has 63 heavy (non-hydrogen) atoms. The summed E-state index contributed by atoms with van der Waals surface area (Å²) in [7, 11) is -4.62. The third-order valence-electron chi connectivity index (χ3n) is 11.4. The molecule has 4 N–H and O–H groups in total. The average Bonchev–Trinajstić information content (AvgIpc) is 3.26. The highest BCUT2D eigenvalue weighted by Gasteiger charge is 2.27. The van der Waals surface area contributed by atoms with Crippen LogP contribution in [0.25, 0.3) is 0 Å². The van der Waals surface area contributed by atoms with Crippen molar-refractivity contribution in [3.8, 4) is 0 Å². The molecule has 370 valence electrons. The molecule has 0 saturated heterocycles. The minimum Gasteiger partial charge on any atom is -0.480 e. The molecule has 0 radical (unpaired) electrons. The molecule has 0 fully saturated rings. The highest BCUT2D eigenvalue weighted by atomic mass is 31.2. The second kappa shape index (κ2) is 48.1. The lowest BCUT2D eigenvalue weighted by Crippen LogP contribution is -2.34. The van der Waals surface area contributed by atoms with Gasteiger partial charge in [0.15, 0.2) is 0 Å². The molecule has 0 aliphatic heterocycles. The van der Waals surface area contributed by atoms with Crippen LogP contribution < -0.4 is 5.73 Å². The van der Waals surface area contributed by atoms with Crippen molar-refractivity contribution in [3.05, 3.63) is 36.5 Å². The minimum atomic E-state index is -4.62. The largest absolute Gasteiger partial charge is 0.480 e. The Balaban J connectivity index is 4.07. The Morgan fingerprint density at radius 2 is 0.921 bits per heavy atom. The van der Waals surface area contributed by atoms with Crippen LogP contribution in [-0.4, -0.2) is 60.5 Å². The van der Waals surface area contributed by atoms with E-state index in [1.54, 1.807) is 0 Å². The number of esters is 1. The summed E-state index contributed by atoms with van der Waals surface area (Å²) in [4.78, 5) is 33.7. The van der Waals surface area contributed by atoms with E-state index in [1.807, 2.05) is 0 Å². The number of aliphatic carboxylic acids is 1. The number of carboxylic acids is 1. The lowest BCUT2D eigenvalue weighted by Gasteiger charge is -2.20. The zero-order chi connectivity index (χ0) is 46.2. The van der Waals surface area contributed by atoms with E-state index in [2.05, 4.69) is 50.3 Å². The smallest absolute Gasteiger partial charge is 0.472 e. The number of hydrogen-bond donors (Lipinski definition) is 3. The summed E-state index contributed by atoms with van der Waals surface area (Å²) in [6.45, 7) is 3.81. The second-order valence-corrected chi connectivity index (χ2v) is 19.1. The Morgan fingerprint density at radius 3 is 1.38 bits per heavy atom. The normalized spacial score (nSPS) is 14.0. The van der Waals surface area contributed by atoms with Gasteiger partial charge < -0.3 is 25.2 Å². The van der Waals surface area contributed by atoms with Crippen LogP contribution >= 0.6 is 7.82 Å². The summed E-state index contributed by atoms with van der Waals surface area (Å²) in [5.41, 5.74) is 5.37. The molecule has 3 atom stereocenters. The van der Waals surface area contributed by atoms with Gasteiger partial charge in [-0.05, 0) is 44.9 Å². The zero-order valence-electron chi connectivity index (χ0n) is 40.7. The van der Waals surface area contributed by atoms with Crippen LogP contribution in [-0.2, 0) is 32.7 Å². The quantitative estimate of drug-likeness (QED) is 0.0232. The maximum Gasteiger partial charge on any atom is 0.472 e. The number of carbonyl (C=O) groups excluding carboxylic acids is 1. The van der Waals surface area contributed by atoms with Crippen molar-refractivity contribution in [1.82, 2.24) is 0 Å². The molecule has 0 aliphatic carbocycles. The second-order valence-electron chi connectivity index (χ2n) is 17.6. The van der Waals surface area contributed by atoms with Crippen molar-refractivity contribution in [3.63, 3.8) is 0 Å². The summed E-state index contributed by atoms with van der Waals surface area (Å²) < 4.78 is 33.5. The van der Waals surface area contributed by atoms with Crippen molar-refractivity contribution >= 4 is 19.8 Å². The highest BCUT2D eigenvalue weighted by Crippen LogP contribution is 2.43. The van der Waals surface area contributed by atoms with Crippen LogP contribution in [0.5, 0.6) is 0 Å². The van der Waals surface area contributed by atoms with Crippen molar-refractivity contribution in [2.75, 3.05) is 26.4 Å². The van der Waals surface area contributed by atoms with Gasteiger partial charge in [0.05, 0.1) is 19.8 Å². The SMILES string of the molecule is CC/C=C\C/C=C\C/C=C\CCCCCCCCCC(=O)OC(COCCCCCCCCCCCCCCCCCCCCCCCCCC)COP(=O)(O)OCC(N)C(=O)O. The molecule has 0 aromatic heterocycles. The lowest BCUT2D eigenvalue weighted by atomic mass is 10.0. The topological polar surface area (TPSA) is 155 Å². The van der Waals surface area contributed by atoms with Crippen molar-refractivity contribution in [1.29, 1.82) is 0 Å². The molecule has 0 bridgehead atoms. The fourth-order valence-electron chi connectivity index (χ4n) is 7.44. The average molecular weight is 912 g/mol. The van der Waals surface area contributed by atoms with Gasteiger partial charge >= 0.3 is 19.8 Å². The first-order valence-electron chi connectivity index (χ1n) is 26.0. The highest BCUT2D eigenvalue weighted by molar-refractivity contribution is 7.47. The molecule has 0 spiro atoms. The number of nitrogens with two attached hydrogens (primary N) is 1. The van der Waals surface area contributed by atoms with Gasteiger partial charge in [-0.15, -0.1) is 0 Å². The summed E-state index contributed by atoms with van der Waals surface area (Å²) in [5.74, 6) is -1.78. The van der Waals surface area contributed by atoms with Gasteiger partial charge in [0.1, 0.15) is 12.1 Å². The Labute approximate surface area is 387 Å². The van der Waals surface area contributed by atoms with E-state index in [0.717, 1.165) is 64.2 Å². The van der Waals surface area contributed by atoms with Crippen LogP contribution in [0.1, 0.15) is 245 Å². The Morgan fingerprint density at radius 1 is 0.524 bits per heavy atom. The van der Waals surface area contributed by atoms with Gasteiger partial charge in [-0.25, -0.2) is 4.57 Å². The number of unbranched alkanes of at least 4 members (excludes halogenated alkanes) is 30. The first-order chi connectivity index (χ1) is 30.7. The molecular weight excluding hydrogens is 814 g/mol. The van der Waals surface area contributed by atoms with Gasteiger partial charge in [-0.2, -0.15) is 0 Å². The first-order valence-corrected chi connectivity index (χ1v) is 27.5. The maximum atomic E-state index is 12.7. The maximum absolute atomic E-state index is 12.7. The molecule has 0 aliphatic rings. The Hall–Kier alpha value is -1.81. The number of phosphoric acid groups is 1. The summed E-state index contributed by atoms with van der Waals surface area (Å²) in [6, 6.07) is -1.47. The zero-order valence-corrected chi connectivity index (χ0v) is 41.6. The Kier molecular flexibility index (Phi) is 46.7. The van der Waals surface area contributed by atoms with Crippen molar-refractivity contribution < 1.29 is 42.7 Å². The lowest BCUT2D eigenvalue weighted by molar-refractivity contribution is -0.154. The third kappa shape index (κ3) is 48.0. The number of ether oxygens (including phenoxy) is 2. The third-order valence-corrected chi connectivity index (χ3v) is 12.4. The molecule has 10 nitrogen and oxygen atoms in total. The summed E-state index contributed by atoms with van der Waals surface area (Å²) in [5, 5.41) is 8.93. The number of rotatable bonds is 50. The van der Waals surface area contributed by atoms with Crippen molar-refractivity contribution in [2.45, 2.75) is 257 Å². The van der Waals surface area contributed by atoms with Crippen LogP contribution in [0.15, 0.2) is 36.5 Å². The van der Waals surface area contributed by atoms with Crippen molar-refractivity contribution in [2.24, 2.45) is 5.73 Å². The van der Waals surface area contributed by atoms with E-state index in [4.69, 9.17) is 29.4 Å². The fourth-order valence-corrected chi connectivity index (χ4v) is 8.22. The standard InChI is InChI=1S/C52H98NO9P/c1-3-5-7-9-11-13-15-17-19-21-22-23-24-25-26-27-29-31-33-35-37-39-41-43-45-59-46-49(47-60-63(57,58)61-48-50(53)52(55)56)62-51(54)44-42-40-38-36-34-32-30-28-20-18-16-14-12-10-8-6-4-2/h6,8,12,14,18,20,49-50H,3-5,7,9-11,13,15-17,19,21-48,53H2,1-2H3,(H,55,56)(H,57,58)/b8-6-,14-12-,20-18-. The molecular formula is C52H98NO9P.